The Hall–Kier alpha value is -0.430. The molecule has 0 spiro atoms. The number of thiophene rings is 1. The summed E-state index contributed by atoms with van der Waals surface area (Å²) >= 11 is 1.11. The SMILES string of the molecule is CC(C)(NS(=O)(=O)c1ccc(CO)s1)C1CC1. The molecular weight excluding hydrogens is 258 g/mol. The molecule has 0 radical (unpaired) electrons. The van der Waals surface area contributed by atoms with Gasteiger partial charge in [-0.2, -0.15) is 0 Å². The first-order valence-electron chi connectivity index (χ1n) is 5.59. The summed E-state index contributed by atoms with van der Waals surface area (Å²) < 4.78 is 27.3. The maximum Gasteiger partial charge on any atom is 0.250 e. The van der Waals surface area contributed by atoms with Gasteiger partial charge in [0, 0.05) is 10.4 Å². The highest BCUT2D eigenvalue weighted by Gasteiger charge is 2.40. The smallest absolute Gasteiger partial charge is 0.250 e. The van der Waals surface area contributed by atoms with Gasteiger partial charge in [0.15, 0.2) is 0 Å². The van der Waals surface area contributed by atoms with Crippen LogP contribution in [-0.4, -0.2) is 19.1 Å². The largest absolute Gasteiger partial charge is 0.391 e. The second kappa shape index (κ2) is 4.35. The van der Waals surface area contributed by atoms with E-state index in [1.54, 1.807) is 12.1 Å². The van der Waals surface area contributed by atoms with E-state index in [4.69, 9.17) is 5.11 Å². The maximum atomic E-state index is 12.1. The topological polar surface area (TPSA) is 66.4 Å². The van der Waals surface area contributed by atoms with Gasteiger partial charge in [-0.25, -0.2) is 13.1 Å². The zero-order chi connectivity index (χ0) is 12.7. The van der Waals surface area contributed by atoms with Gasteiger partial charge in [0.05, 0.1) is 6.61 Å². The van der Waals surface area contributed by atoms with Crippen LogP contribution in [0.3, 0.4) is 0 Å². The highest BCUT2D eigenvalue weighted by atomic mass is 32.2. The third kappa shape index (κ3) is 2.88. The summed E-state index contributed by atoms with van der Waals surface area (Å²) in [5.74, 6) is 0.439. The minimum absolute atomic E-state index is 0.119. The molecule has 1 aliphatic rings. The van der Waals surface area contributed by atoms with Crippen molar-refractivity contribution in [2.24, 2.45) is 5.92 Å². The highest BCUT2D eigenvalue weighted by Crippen LogP contribution is 2.40. The molecule has 0 unspecified atom stereocenters. The van der Waals surface area contributed by atoms with Crippen molar-refractivity contribution in [1.82, 2.24) is 4.72 Å². The molecule has 0 bridgehead atoms. The molecule has 0 atom stereocenters. The van der Waals surface area contributed by atoms with Crippen LogP contribution in [0.2, 0.25) is 0 Å². The fourth-order valence-corrected chi connectivity index (χ4v) is 4.56. The zero-order valence-electron chi connectivity index (χ0n) is 9.93. The van der Waals surface area contributed by atoms with E-state index >= 15 is 0 Å². The number of sulfonamides is 1. The van der Waals surface area contributed by atoms with Gasteiger partial charge in [-0.3, -0.25) is 0 Å². The van der Waals surface area contributed by atoms with E-state index in [0.29, 0.717) is 10.8 Å². The van der Waals surface area contributed by atoms with Crippen molar-refractivity contribution in [2.75, 3.05) is 0 Å². The lowest BCUT2D eigenvalue weighted by atomic mass is 10.0. The normalized spacial score (nSPS) is 17.4. The fourth-order valence-electron chi connectivity index (χ4n) is 1.87. The summed E-state index contributed by atoms with van der Waals surface area (Å²) in [6.45, 7) is 3.72. The van der Waals surface area contributed by atoms with Gasteiger partial charge in [-0.1, -0.05) is 0 Å². The van der Waals surface area contributed by atoms with Gasteiger partial charge in [0.1, 0.15) is 4.21 Å². The Morgan fingerprint density at radius 1 is 1.47 bits per heavy atom. The number of aliphatic hydroxyl groups excluding tert-OH is 1. The average molecular weight is 275 g/mol. The van der Waals surface area contributed by atoms with E-state index in [0.717, 1.165) is 24.2 Å². The van der Waals surface area contributed by atoms with E-state index in [9.17, 15) is 8.42 Å². The molecule has 2 N–H and O–H groups in total. The highest BCUT2D eigenvalue weighted by molar-refractivity contribution is 7.91. The predicted molar refractivity (Wildman–Crippen MR) is 67.4 cm³/mol. The lowest BCUT2D eigenvalue weighted by Gasteiger charge is -2.25. The van der Waals surface area contributed by atoms with E-state index < -0.39 is 10.0 Å². The summed E-state index contributed by atoms with van der Waals surface area (Å²) in [4.78, 5) is 0.662. The molecule has 1 saturated carbocycles. The summed E-state index contributed by atoms with van der Waals surface area (Å²) in [5.41, 5.74) is -0.387. The van der Waals surface area contributed by atoms with Gasteiger partial charge >= 0.3 is 0 Å². The molecule has 2 rings (SSSR count). The van der Waals surface area contributed by atoms with Crippen LogP contribution in [0.25, 0.3) is 0 Å². The van der Waals surface area contributed by atoms with E-state index in [1.807, 2.05) is 13.8 Å². The summed E-state index contributed by atoms with van der Waals surface area (Å²) in [5, 5.41) is 8.94. The number of aliphatic hydroxyl groups is 1. The van der Waals surface area contributed by atoms with Crippen LogP contribution in [0.1, 0.15) is 31.6 Å². The average Bonchev–Trinajstić information content (AvgIpc) is 2.95. The molecule has 0 saturated heterocycles. The molecular formula is C11H17NO3S2. The molecule has 0 amide bonds. The van der Waals surface area contributed by atoms with E-state index in [2.05, 4.69) is 4.72 Å². The van der Waals surface area contributed by atoms with E-state index in [-0.39, 0.29) is 16.4 Å². The van der Waals surface area contributed by atoms with Crippen LogP contribution >= 0.6 is 11.3 Å². The standard InChI is InChI=1S/C11H17NO3S2/c1-11(2,8-3-4-8)12-17(14,15)10-6-5-9(7-13)16-10/h5-6,8,12-13H,3-4,7H2,1-2H3. The number of nitrogens with one attached hydrogen (secondary N) is 1. The predicted octanol–water partition coefficient (Wildman–Crippen LogP) is 1.71. The molecule has 1 heterocycles. The second-order valence-electron chi connectivity index (χ2n) is 4.98. The molecule has 6 heteroatoms. The quantitative estimate of drug-likeness (QED) is 0.859. The van der Waals surface area contributed by atoms with Crippen molar-refractivity contribution >= 4 is 21.4 Å². The maximum absolute atomic E-state index is 12.1. The Labute approximate surface area is 106 Å². The molecule has 1 aromatic heterocycles. The molecule has 4 nitrogen and oxygen atoms in total. The molecule has 0 aromatic carbocycles. The fraction of sp³-hybridized carbons (Fsp3) is 0.636. The van der Waals surface area contributed by atoms with Crippen molar-refractivity contribution in [3.63, 3.8) is 0 Å². The Kier molecular flexibility index (Phi) is 3.33. The van der Waals surface area contributed by atoms with Crippen molar-refractivity contribution in [2.45, 2.75) is 43.0 Å². The summed E-state index contributed by atoms with van der Waals surface area (Å²) in [6, 6.07) is 3.19. The van der Waals surface area contributed by atoms with Crippen LogP contribution in [0.4, 0.5) is 0 Å². The zero-order valence-corrected chi connectivity index (χ0v) is 11.6. The number of rotatable bonds is 5. The Balaban J connectivity index is 2.18. The Bertz CT molecular complexity index is 501. The minimum Gasteiger partial charge on any atom is -0.391 e. The molecule has 1 aromatic rings. The van der Waals surface area contributed by atoms with Crippen LogP contribution < -0.4 is 4.72 Å². The summed E-state index contributed by atoms with van der Waals surface area (Å²) in [6.07, 6.45) is 2.17. The van der Waals surface area contributed by atoms with E-state index in [1.165, 1.54) is 0 Å². The second-order valence-corrected chi connectivity index (χ2v) is 8.06. The first kappa shape index (κ1) is 13.0. The van der Waals surface area contributed by atoms with Crippen molar-refractivity contribution in [3.05, 3.63) is 17.0 Å². The molecule has 96 valence electrons. The van der Waals surface area contributed by atoms with Gasteiger partial charge in [-0.15, -0.1) is 11.3 Å². The van der Waals surface area contributed by atoms with Crippen molar-refractivity contribution in [3.8, 4) is 0 Å². The first-order chi connectivity index (χ1) is 7.85. The van der Waals surface area contributed by atoms with Crippen LogP contribution in [0.5, 0.6) is 0 Å². The molecule has 1 fully saturated rings. The number of hydrogen-bond donors (Lipinski definition) is 2. The van der Waals surface area contributed by atoms with Gasteiger partial charge in [-0.05, 0) is 44.7 Å². The third-order valence-electron chi connectivity index (χ3n) is 3.05. The van der Waals surface area contributed by atoms with Crippen molar-refractivity contribution in [1.29, 1.82) is 0 Å². The lowest BCUT2D eigenvalue weighted by Crippen LogP contribution is -2.44. The molecule has 1 aliphatic carbocycles. The first-order valence-corrected chi connectivity index (χ1v) is 7.89. The Morgan fingerprint density at radius 3 is 2.59 bits per heavy atom. The van der Waals surface area contributed by atoms with Crippen LogP contribution in [0.15, 0.2) is 16.3 Å². The molecule has 17 heavy (non-hydrogen) atoms. The summed E-state index contributed by atoms with van der Waals surface area (Å²) in [7, 11) is -3.45. The van der Waals surface area contributed by atoms with Crippen LogP contribution in [-0.2, 0) is 16.6 Å². The molecule has 0 aliphatic heterocycles. The van der Waals surface area contributed by atoms with Crippen molar-refractivity contribution < 1.29 is 13.5 Å². The monoisotopic (exact) mass is 275 g/mol. The number of hydrogen-bond acceptors (Lipinski definition) is 4. The minimum atomic E-state index is -3.45. The Morgan fingerprint density at radius 2 is 2.12 bits per heavy atom. The van der Waals surface area contributed by atoms with Gasteiger partial charge in [0.25, 0.3) is 10.0 Å². The lowest BCUT2D eigenvalue weighted by molar-refractivity contribution is 0.285. The third-order valence-corrected chi connectivity index (χ3v) is 6.29. The van der Waals surface area contributed by atoms with Gasteiger partial charge < -0.3 is 5.11 Å². The van der Waals surface area contributed by atoms with Gasteiger partial charge in [0.2, 0.25) is 0 Å². The van der Waals surface area contributed by atoms with Crippen LogP contribution in [0, 0.1) is 5.92 Å².